The molecule has 1 aliphatic rings. The average Bonchev–Trinajstić information content (AvgIpc) is 2.89. The zero-order chi connectivity index (χ0) is 12.8. The number of rotatable bonds is 6. The molecule has 1 aromatic rings. The standard InChI is InChI=1S/C14H20FNO2/c1-17-14-10-11(15)6-7-13(14)16-8-2-4-12-5-3-9-18-12/h6-7,10,12,16H,2-5,8-9H2,1H3. The van der Waals surface area contributed by atoms with E-state index in [2.05, 4.69) is 5.32 Å². The summed E-state index contributed by atoms with van der Waals surface area (Å²) >= 11 is 0. The van der Waals surface area contributed by atoms with Crippen LogP contribution in [0.3, 0.4) is 0 Å². The highest BCUT2D eigenvalue weighted by Crippen LogP contribution is 2.25. The van der Waals surface area contributed by atoms with Crippen molar-refractivity contribution in [2.45, 2.75) is 31.8 Å². The Morgan fingerprint density at radius 1 is 1.50 bits per heavy atom. The number of ether oxygens (including phenoxy) is 2. The van der Waals surface area contributed by atoms with E-state index in [1.807, 2.05) is 0 Å². The summed E-state index contributed by atoms with van der Waals surface area (Å²) in [5.74, 6) is 0.267. The molecule has 1 aliphatic heterocycles. The van der Waals surface area contributed by atoms with Crippen LogP contribution in [0.1, 0.15) is 25.7 Å². The number of anilines is 1. The van der Waals surface area contributed by atoms with Crippen LogP contribution in [0.15, 0.2) is 18.2 Å². The number of halogens is 1. The summed E-state index contributed by atoms with van der Waals surface area (Å²) in [6.45, 7) is 1.76. The van der Waals surface area contributed by atoms with Gasteiger partial charge in [-0.3, -0.25) is 0 Å². The molecular formula is C14H20FNO2. The number of hydrogen-bond acceptors (Lipinski definition) is 3. The molecule has 1 N–H and O–H groups in total. The van der Waals surface area contributed by atoms with E-state index in [1.165, 1.54) is 25.0 Å². The molecule has 1 unspecified atom stereocenters. The molecular weight excluding hydrogens is 233 g/mol. The summed E-state index contributed by atoms with van der Waals surface area (Å²) in [7, 11) is 1.55. The molecule has 0 aliphatic carbocycles. The van der Waals surface area contributed by atoms with E-state index in [0.29, 0.717) is 11.9 Å². The third kappa shape index (κ3) is 3.60. The van der Waals surface area contributed by atoms with Gasteiger partial charge in [0.25, 0.3) is 0 Å². The predicted octanol–water partition coefficient (Wildman–Crippen LogP) is 3.21. The zero-order valence-electron chi connectivity index (χ0n) is 10.7. The second kappa shape index (κ2) is 6.59. The van der Waals surface area contributed by atoms with Crippen molar-refractivity contribution in [1.82, 2.24) is 0 Å². The Morgan fingerprint density at radius 2 is 2.39 bits per heavy atom. The van der Waals surface area contributed by atoms with Crippen LogP contribution in [0.2, 0.25) is 0 Å². The first-order valence-electron chi connectivity index (χ1n) is 6.48. The first-order valence-corrected chi connectivity index (χ1v) is 6.48. The lowest BCUT2D eigenvalue weighted by molar-refractivity contribution is 0.103. The summed E-state index contributed by atoms with van der Waals surface area (Å²) in [4.78, 5) is 0. The van der Waals surface area contributed by atoms with Gasteiger partial charge >= 0.3 is 0 Å². The van der Waals surface area contributed by atoms with E-state index in [-0.39, 0.29) is 5.82 Å². The minimum Gasteiger partial charge on any atom is -0.494 e. The first-order chi connectivity index (χ1) is 8.79. The number of hydrogen-bond donors (Lipinski definition) is 1. The van der Waals surface area contributed by atoms with Gasteiger partial charge in [-0.25, -0.2) is 4.39 Å². The summed E-state index contributed by atoms with van der Waals surface area (Å²) < 4.78 is 23.7. The molecule has 0 radical (unpaired) electrons. The molecule has 1 aromatic carbocycles. The minimum atomic E-state index is -0.281. The van der Waals surface area contributed by atoms with Gasteiger partial charge in [-0.15, -0.1) is 0 Å². The number of methoxy groups -OCH3 is 1. The van der Waals surface area contributed by atoms with Crippen LogP contribution in [0.5, 0.6) is 5.75 Å². The van der Waals surface area contributed by atoms with Gasteiger partial charge in [0.05, 0.1) is 18.9 Å². The molecule has 1 atom stereocenters. The smallest absolute Gasteiger partial charge is 0.144 e. The van der Waals surface area contributed by atoms with Gasteiger partial charge in [-0.2, -0.15) is 0 Å². The Kier molecular flexibility index (Phi) is 4.81. The van der Waals surface area contributed by atoms with Crippen molar-refractivity contribution >= 4 is 5.69 Å². The minimum absolute atomic E-state index is 0.281. The SMILES string of the molecule is COc1cc(F)ccc1NCCCC1CCCO1. The summed E-state index contributed by atoms with van der Waals surface area (Å²) in [5.41, 5.74) is 0.839. The monoisotopic (exact) mass is 253 g/mol. The Morgan fingerprint density at radius 3 is 3.11 bits per heavy atom. The van der Waals surface area contributed by atoms with Crippen molar-refractivity contribution in [3.05, 3.63) is 24.0 Å². The third-order valence-corrected chi connectivity index (χ3v) is 3.21. The van der Waals surface area contributed by atoms with Crippen LogP contribution >= 0.6 is 0 Å². The van der Waals surface area contributed by atoms with Gasteiger partial charge in [-0.05, 0) is 37.8 Å². The largest absolute Gasteiger partial charge is 0.494 e. The third-order valence-electron chi connectivity index (χ3n) is 3.21. The fraction of sp³-hybridized carbons (Fsp3) is 0.571. The van der Waals surface area contributed by atoms with Gasteiger partial charge in [0.1, 0.15) is 11.6 Å². The summed E-state index contributed by atoms with van der Waals surface area (Å²) in [6, 6.07) is 4.54. The number of benzene rings is 1. The second-order valence-electron chi connectivity index (χ2n) is 4.55. The van der Waals surface area contributed by atoms with Gasteiger partial charge in [0.15, 0.2) is 0 Å². The Balaban J connectivity index is 1.75. The molecule has 4 heteroatoms. The molecule has 1 saturated heterocycles. The molecule has 100 valence electrons. The maximum absolute atomic E-state index is 13.0. The molecule has 1 fully saturated rings. The molecule has 1 heterocycles. The highest BCUT2D eigenvalue weighted by Gasteiger charge is 2.14. The highest BCUT2D eigenvalue weighted by molar-refractivity contribution is 5.56. The fourth-order valence-electron chi connectivity index (χ4n) is 2.24. The lowest BCUT2D eigenvalue weighted by atomic mass is 10.1. The molecule has 0 bridgehead atoms. The zero-order valence-corrected chi connectivity index (χ0v) is 10.7. The van der Waals surface area contributed by atoms with Crippen LogP contribution in [-0.2, 0) is 4.74 Å². The molecule has 0 aromatic heterocycles. The Labute approximate surface area is 107 Å². The summed E-state index contributed by atoms with van der Waals surface area (Å²) in [6.07, 6.45) is 4.92. The quantitative estimate of drug-likeness (QED) is 0.790. The topological polar surface area (TPSA) is 30.5 Å². The van der Waals surface area contributed by atoms with E-state index in [0.717, 1.165) is 31.7 Å². The van der Waals surface area contributed by atoms with E-state index in [4.69, 9.17) is 9.47 Å². The molecule has 0 spiro atoms. The molecule has 0 amide bonds. The van der Waals surface area contributed by atoms with Crippen molar-refractivity contribution in [2.75, 3.05) is 25.6 Å². The molecule has 18 heavy (non-hydrogen) atoms. The van der Waals surface area contributed by atoms with Crippen LogP contribution < -0.4 is 10.1 Å². The maximum atomic E-state index is 13.0. The highest BCUT2D eigenvalue weighted by atomic mass is 19.1. The van der Waals surface area contributed by atoms with Gasteiger partial charge in [-0.1, -0.05) is 0 Å². The Bertz CT molecular complexity index is 378. The van der Waals surface area contributed by atoms with Crippen molar-refractivity contribution in [2.24, 2.45) is 0 Å². The Hall–Kier alpha value is -1.29. The van der Waals surface area contributed by atoms with Crippen molar-refractivity contribution in [1.29, 1.82) is 0 Å². The fourth-order valence-corrected chi connectivity index (χ4v) is 2.24. The molecule has 2 rings (SSSR count). The number of nitrogens with one attached hydrogen (secondary N) is 1. The maximum Gasteiger partial charge on any atom is 0.144 e. The van der Waals surface area contributed by atoms with Crippen LogP contribution in [0.4, 0.5) is 10.1 Å². The van der Waals surface area contributed by atoms with E-state index >= 15 is 0 Å². The van der Waals surface area contributed by atoms with Crippen molar-refractivity contribution in [3.63, 3.8) is 0 Å². The molecule has 3 nitrogen and oxygen atoms in total. The lowest BCUT2D eigenvalue weighted by Gasteiger charge is -2.12. The van der Waals surface area contributed by atoms with Crippen LogP contribution in [-0.4, -0.2) is 26.4 Å². The van der Waals surface area contributed by atoms with Gasteiger partial charge in [0, 0.05) is 19.2 Å². The summed E-state index contributed by atoms with van der Waals surface area (Å²) in [5, 5.41) is 3.27. The second-order valence-corrected chi connectivity index (χ2v) is 4.55. The van der Waals surface area contributed by atoms with Crippen molar-refractivity contribution < 1.29 is 13.9 Å². The van der Waals surface area contributed by atoms with Gasteiger partial charge in [0.2, 0.25) is 0 Å². The van der Waals surface area contributed by atoms with Crippen molar-refractivity contribution in [3.8, 4) is 5.75 Å². The van der Waals surface area contributed by atoms with Gasteiger partial charge < -0.3 is 14.8 Å². The first kappa shape index (κ1) is 13.1. The average molecular weight is 253 g/mol. The predicted molar refractivity (Wildman–Crippen MR) is 69.6 cm³/mol. The molecule has 0 saturated carbocycles. The van der Waals surface area contributed by atoms with E-state index < -0.39 is 0 Å². The van der Waals surface area contributed by atoms with Crippen LogP contribution in [0.25, 0.3) is 0 Å². The lowest BCUT2D eigenvalue weighted by Crippen LogP contribution is -2.09. The van der Waals surface area contributed by atoms with E-state index in [9.17, 15) is 4.39 Å². The van der Waals surface area contributed by atoms with E-state index in [1.54, 1.807) is 13.2 Å². The van der Waals surface area contributed by atoms with Crippen LogP contribution in [0, 0.1) is 5.82 Å². The normalized spacial score (nSPS) is 18.9.